The molecule has 1 fully saturated rings. The van der Waals surface area contributed by atoms with Crippen LogP contribution in [0.4, 0.5) is 10.7 Å². The van der Waals surface area contributed by atoms with E-state index in [2.05, 4.69) is 31.4 Å². The molecule has 1 atom stereocenters. The summed E-state index contributed by atoms with van der Waals surface area (Å²) in [5, 5.41) is 7.48. The summed E-state index contributed by atoms with van der Waals surface area (Å²) in [6.07, 6.45) is 2.36. The maximum absolute atomic E-state index is 12.1. The second-order valence-electron chi connectivity index (χ2n) is 5.90. The number of amides is 1. The van der Waals surface area contributed by atoms with Gasteiger partial charge in [-0.1, -0.05) is 13.8 Å². The largest absolute Gasteiger partial charge is 0.397 e. The van der Waals surface area contributed by atoms with Crippen molar-refractivity contribution in [3.63, 3.8) is 0 Å². The van der Waals surface area contributed by atoms with Gasteiger partial charge >= 0.3 is 0 Å². The molecule has 1 aromatic rings. The van der Waals surface area contributed by atoms with Crippen molar-refractivity contribution in [3.05, 3.63) is 10.4 Å². The molecular formula is C15H25N3OS. The lowest BCUT2D eigenvalue weighted by Crippen LogP contribution is -2.22. The zero-order valence-corrected chi connectivity index (χ0v) is 13.6. The molecule has 2 rings (SSSR count). The number of carbonyl (C=O) groups is 1. The van der Waals surface area contributed by atoms with Gasteiger partial charge in [0.25, 0.3) is 5.91 Å². The van der Waals surface area contributed by atoms with E-state index in [-0.39, 0.29) is 5.91 Å². The van der Waals surface area contributed by atoms with E-state index in [1.54, 1.807) is 0 Å². The molecule has 1 amide bonds. The summed E-state index contributed by atoms with van der Waals surface area (Å²) in [4.78, 5) is 12.7. The van der Waals surface area contributed by atoms with E-state index in [1.165, 1.54) is 29.7 Å². The van der Waals surface area contributed by atoms with Crippen LogP contribution in [-0.2, 0) is 0 Å². The third-order valence-corrected chi connectivity index (χ3v) is 5.02. The Morgan fingerprint density at radius 3 is 2.55 bits per heavy atom. The highest BCUT2D eigenvalue weighted by Gasteiger charge is 2.33. The Bertz CT molecular complexity index is 492. The average Bonchev–Trinajstić information content (AvgIpc) is 3.15. The van der Waals surface area contributed by atoms with Crippen LogP contribution in [0.1, 0.15) is 61.7 Å². The minimum Gasteiger partial charge on any atom is -0.397 e. The second-order valence-corrected chi connectivity index (χ2v) is 6.92. The molecule has 1 aromatic heterocycles. The topological polar surface area (TPSA) is 67.2 Å². The van der Waals surface area contributed by atoms with Gasteiger partial charge in [-0.3, -0.25) is 4.79 Å². The predicted octanol–water partition coefficient (Wildman–Crippen LogP) is 3.41. The van der Waals surface area contributed by atoms with E-state index in [1.807, 2.05) is 6.92 Å². The summed E-state index contributed by atoms with van der Waals surface area (Å²) >= 11 is 1.50. The number of nitrogen functional groups attached to an aromatic ring is 1. The van der Waals surface area contributed by atoms with Gasteiger partial charge in [0, 0.05) is 18.2 Å². The Hall–Kier alpha value is -1.23. The maximum Gasteiger partial charge on any atom is 0.263 e. The van der Waals surface area contributed by atoms with Crippen molar-refractivity contribution in [2.24, 2.45) is 5.92 Å². The molecule has 4 nitrogen and oxygen atoms in total. The first-order valence-electron chi connectivity index (χ1n) is 7.42. The Morgan fingerprint density at radius 2 is 2.05 bits per heavy atom. The lowest BCUT2D eigenvalue weighted by atomic mass is 10.1. The maximum atomic E-state index is 12.1. The van der Waals surface area contributed by atoms with E-state index < -0.39 is 0 Å². The predicted molar refractivity (Wildman–Crippen MR) is 86.6 cm³/mol. The summed E-state index contributed by atoms with van der Waals surface area (Å²) in [5.74, 6) is 1.02. The molecule has 0 radical (unpaired) electrons. The summed E-state index contributed by atoms with van der Waals surface area (Å²) in [7, 11) is 0. The zero-order valence-electron chi connectivity index (χ0n) is 12.7. The standard InChI is InChI=1S/C15H25N3OS/c1-5-17-14(19)13-12(16)11(10-6-7-10)15(20-13)18-9(4)8(2)3/h8-10,18H,5-7,16H2,1-4H3,(H,17,19). The van der Waals surface area contributed by atoms with Crippen LogP contribution < -0.4 is 16.4 Å². The number of hydrogen-bond donors (Lipinski definition) is 3. The summed E-state index contributed by atoms with van der Waals surface area (Å²) in [6.45, 7) is 9.10. The Labute approximate surface area is 125 Å². The van der Waals surface area contributed by atoms with Crippen molar-refractivity contribution in [2.45, 2.75) is 52.5 Å². The van der Waals surface area contributed by atoms with Crippen LogP contribution in [0, 0.1) is 5.92 Å². The third-order valence-electron chi connectivity index (χ3n) is 3.87. The molecular weight excluding hydrogens is 270 g/mol. The fourth-order valence-corrected chi connectivity index (χ4v) is 3.34. The Balaban J connectivity index is 2.30. The van der Waals surface area contributed by atoms with Gasteiger partial charge in [-0.25, -0.2) is 0 Å². The van der Waals surface area contributed by atoms with Crippen molar-refractivity contribution in [1.82, 2.24) is 5.32 Å². The van der Waals surface area contributed by atoms with Crippen LogP contribution in [-0.4, -0.2) is 18.5 Å². The Morgan fingerprint density at radius 1 is 1.40 bits per heavy atom. The number of nitrogens with one attached hydrogen (secondary N) is 2. The van der Waals surface area contributed by atoms with Crippen LogP contribution in [0.3, 0.4) is 0 Å². The molecule has 0 aliphatic heterocycles. The molecule has 1 heterocycles. The van der Waals surface area contributed by atoms with Crippen molar-refractivity contribution in [3.8, 4) is 0 Å². The molecule has 20 heavy (non-hydrogen) atoms. The molecule has 1 unspecified atom stereocenters. The van der Waals surface area contributed by atoms with Crippen molar-refractivity contribution >= 4 is 27.9 Å². The number of rotatable bonds is 6. The molecule has 1 aliphatic carbocycles. The molecule has 5 heteroatoms. The van der Waals surface area contributed by atoms with Crippen molar-refractivity contribution < 1.29 is 4.79 Å². The number of nitrogens with two attached hydrogens (primary N) is 1. The highest BCUT2D eigenvalue weighted by molar-refractivity contribution is 7.18. The minimum absolute atomic E-state index is 0.0536. The first kappa shape index (κ1) is 15.2. The highest BCUT2D eigenvalue weighted by Crippen LogP contribution is 2.51. The molecule has 0 aromatic carbocycles. The molecule has 4 N–H and O–H groups in total. The number of carbonyl (C=O) groups excluding carboxylic acids is 1. The van der Waals surface area contributed by atoms with Gasteiger partial charge in [0.2, 0.25) is 0 Å². The second kappa shape index (κ2) is 6.04. The number of thiophene rings is 1. The minimum atomic E-state index is -0.0536. The molecule has 1 saturated carbocycles. The van der Waals surface area contributed by atoms with E-state index in [0.717, 1.165) is 5.00 Å². The summed E-state index contributed by atoms with van der Waals surface area (Å²) in [6, 6.07) is 0.368. The third kappa shape index (κ3) is 3.08. The van der Waals surface area contributed by atoms with Gasteiger partial charge < -0.3 is 16.4 Å². The van der Waals surface area contributed by atoms with Gasteiger partial charge in [-0.05, 0) is 38.5 Å². The van der Waals surface area contributed by atoms with E-state index >= 15 is 0 Å². The quantitative estimate of drug-likeness (QED) is 0.753. The molecule has 1 aliphatic rings. The summed E-state index contributed by atoms with van der Waals surface area (Å²) in [5.41, 5.74) is 8.09. The van der Waals surface area contributed by atoms with Gasteiger partial charge in [0.1, 0.15) is 4.88 Å². The van der Waals surface area contributed by atoms with Crippen LogP contribution in [0.15, 0.2) is 0 Å². The fourth-order valence-electron chi connectivity index (χ4n) is 2.12. The van der Waals surface area contributed by atoms with Gasteiger partial charge in [0.15, 0.2) is 0 Å². The van der Waals surface area contributed by atoms with Crippen LogP contribution in [0.25, 0.3) is 0 Å². The van der Waals surface area contributed by atoms with Crippen LogP contribution in [0.2, 0.25) is 0 Å². The summed E-state index contributed by atoms with van der Waals surface area (Å²) < 4.78 is 0. The molecule has 0 bridgehead atoms. The highest BCUT2D eigenvalue weighted by atomic mass is 32.1. The fraction of sp³-hybridized carbons (Fsp3) is 0.667. The van der Waals surface area contributed by atoms with E-state index in [9.17, 15) is 4.79 Å². The molecule has 0 spiro atoms. The van der Waals surface area contributed by atoms with E-state index in [0.29, 0.717) is 35.0 Å². The lowest BCUT2D eigenvalue weighted by molar-refractivity contribution is 0.0960. The first-order valence-corrected chi connectivity index (χ1v) is 8.24. The van der Waals surface area contributed by atoms with Crippen molar-refractivity contribution in [1.29, 1.82) is 0 Å². The van der Waals surface area contributed by atoms with Gasteiger partial charge in [-0.15, -0.1) is 11.3 Å². The average molecular weight is 295 g/mol. The lowest BCUT2D eigenvalue weighted by Gasteiger charge is -2.18. The normalized spacial score (nSPS) is 16.2. The van der Waals surface area contributed by atoms with E-state index in [4.69, 9.17) is 5.73 Å². The number of hydrogen-bond acceptors (Lipinski definition) is 4. The van der Waals surface area contributed by atoms with Gasteiger partial charge in [0.05, 0.1) is 10.7 Å². The van der Waals surface area contributed by atoms with Crippen LogP contribution in [0.5, 0.6) is 0 Å². The van der Waals surface area contributed by atoms with Crippen molar-refractivity contribution in [2.75, 3.05) is 17.6 Å². The van der Waals surface area contributed by atoms with Crippen LogP contribution >= 0.6 is 11.3 Å². The Kier molecular flexibility index (Phi) is 4.58. The van der Waals surface area contributed by atoms with Gasteiger partial charge in [-0.2, -0.15) is 0 Å². The number of anilines is 2. The zero-order chi connectivity index (χ0) is 14.9. The molecule has 0 saturated heterocycles. The smallest absolute Gasteiger partial charge is 0.263 e. The molecule has 112 valence electrons. The monoisotopic (exact) mass is 295 g/mol. The first-order chi connectivity index (χ1) is 9.45. The SMILES string of the molecule is CCNC(=O)c1sc(NC(C)C(C)C)c(C2CC2)c1N.